The molecule has 0 unspecified atom stereocenters. The summed E-state index contributed by atoms with van der Waals surface area (Å²) >= 11 is 0. The molecule has 0 aromatic heterocycles. The lowest BCUT2D eigenvalue weighted by Gasteiger charge is -2.21. The fourth-order valence-corrected chi connectivity index (χ4v) is 2.33. The second-order valence-corrected chi connectivity index (χ2v) is 6.71. The van der Waals surface area contributed by atoms with Gasteiger partial charge in [0.1, 0.15) is 23.0 Å². The lowest BCUT2D eigenvalue weighted by molar-refractivity contribution is -0.136. The lowest BCUT2D eigenvalue weighted by Crippen LogP contribution is -2.19. The predicted octanol–water partition coefficient (Wildman–Crippen LogP) is 3.50. The number of carbonyl (C=O) groups is 2. The highest BCUT2D eigenvalue weighted by Crippen LogP contribution is 2.35. The first-order chi connectivity index (χ1) is 12.2. The maximum atomic E-state index is 12.1. The molecule has 2 rings (SSSR count). The Labute approximate surface area is 152 Å². The molecule has 0 aliphatic heterocycles. The summed E-state index contributed by atoms with van der Waals surface area (Å²) < 4.78 is 15.7. The van der Waals surface area contributed by atoms with Crippen molar-refractivity contribution in [1.29, 1.82) is 0 Å². The first-order valence-corrected chi connectivity index (χ1v) is 8.05. The summed E-state index contributed by atoms with van der Waals surface area (Å²) in [6.45, 7) is 5.39. The molecule has 0 amide bonds. The van der Waals surface area contributed by atoms with Crippen molar-refractivity contribution in [3.63, 3.8) is 0 Å². The number of phenolic OH excluding ortho intramolecular Hbond substituents is 1. The van der Waals surface area contributed by atoms with Crippen LogP contribution in [0.5, 0.6) is 23.0 Å². The fourth-order valence-electron chi connectivity index (χ4n) is 2.33. The zero-order valence-electron chi connectivity index (χ0n) is 15.2. The quantitative estimate of drug-likeness (QED) is 0.483. The SMILES string of the molecule is COc1ccc(OCC(=O)Oc2cc(C(C)(C)C)c(O)cc2C=O)cc1. The van der Waals surface area contributed by atoms with Gasteiger partial charge in [-0.3, -0.25) is 4.79 Å². The summed E-state index contributed by atoms with van der Waals surface area (Å²) in [6, 6.07) is 9.55. The van der Waals surface area contributed by atoms with Crippen LogP contribution in [0.4, 0.5) is 0 Å². The molecular formula is C20H22O6. The van der Waals surface area contributed by atoms with Crippen molar-refractivity contribution in [2.24, 2.45) is 0 Å². The predicted molar refractivity (Wildman–Crippen MR) is 96.3 cm³/mol. The van der Waals surface area contributed by atoms with Crippen molar-refractivity contribution in [2.75, 3.05) is 13.7 Å². The number of ether oxygens (including phenoxy) is 3. The number of carbonyl (C=O) groups excluding carboxylic acids is 2. The van der Waals surface area contributed by atoms with E-state index in [0.29, 0.717) is 23.3 Å². The Morgan fingerprint density at radius 2 is 1.73 bits per heavy atom. The maximum Gasteiger partial charge on any atom is 0.349 e. The zero-order chi connectivity index (χ0) is 19.3. The van der Waals surface area contributed by atoms with E-state index in [9.17, 15) is 14.7 Å². The Kier molecular flexibility index (Phi) is 5.87. The molecule has 6 heteroatoms. The molecule has 0 saturated carbocycles. The third-order valence-electron chi connectivity index (χ3n) is 3.70. The summed E-state index contributed by atoms with van der Waals surface area (Å²) in [5, 5.41) is 10.1. The lowest BCUT2D eigenvalue weighted by atomic mass is 9.85. The van der Waals surface area contributed by atoms with Crippen molar-refractivity contribution in [3.05, 3.63) is 47.5 Å². The van der Waals surface area contributed by atoms with E-state index in [1.165, 1.54) is 12.1 Å². The minimum absolute atomic E-state index is 0.0196. The van der Waals surface area contributed by atoms with Gasteiger partial charge >= 0.3 is 5.97 Å². The largest absolute Gasteiger partial charge is 0.508 e. The molecule has 1 N–H and O–H groups in total. The summed E-state index contributed by atoms with van der Waals surface area (Å²) in [5.41, 5.74) is 0.280. The number of aromatic hydroxyl groups is 1. The molecule has 2 aromatic carbocycles. The summed E-state index contributed by atoms with van der Waals surface area (Å²) in [6.07, 6.45) is 0.527. The second-order valence-electron chi connectivity index (χ2n) is 6.71. The normalized spacial score (nSPS) is 10.9. The number of rotatable bonds is 6. The Balaban J connectivity index is 2.10. The average Bonchev–Trinajstić information content (AvgIpc) is 2.60. The molecule has 2 aromatic rings. The minimum Gasteiger partial charge on any atom is -0.508 e. The molecule has 0 bridgehead atoms. The zero-order valence-corrected chi connectivity index (χ0v) is 15.2. The van der Waals surface area contributed by atoms with Crippen molar-refractivity contribution >= 4 is 12.3 Å². The Morgan fingerprint density at radius 1 is 1.12 bits per heavy atom. The van der Waals surface area contributed by atoms with Crippen LogP contribution in [0.15, 0.2) is 36.4 Å². The van der Waals surface area contributed by atoms with E-state index in [-0.39, 0.29) is 29.1 Å². The van der Waals surface area contributed by atoms with Gasteiger partial charge < -0.3 is 19.3 Å². The van der Waals surface area contributed by atoms with Gasteiger partial charge in [-0.25, -0.2) is 4.79 Å². The number of methoxy groups -OCH3 is 1. The van der Waals surface area contributed by atoms with Crippen LogP contribution in [0.3, 0.4) is 0 Å². The van der Waals surface area contributed by atoms with Crippen molar-refractivity contribution in [1.82, 2.24) is 0 Å². The highest BCUT2D eigenvalue weighted by molar-refractivity contribution is 5.84. The molecule has 0 spiro atoms. The molecule has 0 aliphatic carbocycles. The molecule has 0 fully saturated rings. The summed E-state index contributed by atoms with van der Waals surface area (Å²) in [5.74, 6) is 0.572. The molecule has 0 saturated heterocycles. The van der Waals surface area contributed by atoms with E-state index in [1.807, 2.05) is 20.8 Å². The topological polar surface area (TPSA) is 82.1 Å². The standard InChI is InChI=1S/C20H22O6/c1-20(2,3)16-10-18(13(11-21)9-17(16)22)26-19(23)12-25-15-7-5-14(24-4)6-8-15/h5-11,22H,12H2,1-4H3. The van der Waals surface area contributed by atoms with E-state index in [1.54, 1.807) is 31.4 Å². The van der Waals surface area contributed by atoms with E-state index in [4.69, 9.17) is 14.2 Å². The van der Waals surface area contributed by atoms with Crippen LogP contribution in [-0.2, 0) is 10.2 Å². The number of phenols is 1. The highest BCUT2D eigenvalue weighted by Gasteiger charge is 2.22. The molecule has 138 valence electrons. The van der Waals surface area contributed by atoms with Crippen LogP contribution >= 0.6 is 0 Å². The average molecular weight is 358 g/mol. The van der Waals surface area contributed by atoms with Crippen LogP contribution in [-0.4, -0.2) is 31.1 Å². The third kappa shape index (κ3) is 4.75. The monoisotopic (exact) mass is 358 g/mol. The van der Waals surface area contributed by atoms with Crippen LogP contribution < -0.4 is 14.2 Å². The number of hydrogen-bond acceptors (Lipinski definition) is 6. The maximum absolute atomic E-state index is 12.1. The van der Waals surface area contributed by atoms with Crippen molar-refractivity contribution in [3.8, 4) is 23.0 Å². The molecule has 0 aliphatic rings. The Bertz CT molecular complexity index is 787. The Hall–Kier alpha value is -3.02. The van der Waals surface area contributed by atoms with Gasteiger partial charge in [0.25, 0.3) is 0 Å². The van der Waals surface area contributed by atoms with E-state index in [0.717, 1.165) is 0 Å². The number of benzene rings is 2. The van der Waals surface area contributed by atoms with Gasteiger partial charge in [-0.15, -0.1) is 0 Å². The van der Waals surface area contributed by atoms with Crippen molar-refractivity contribution in [2.45, 2.75) is 26.2 Å². The van der Waals surface area contributed by atoms with Crippen LogP contribution in [0.2, 0.25) is 0 Å². The number of esters is 1. The van der Waals surface area contributed by atoms with Gasteiger partial charge in [-0.2, -0.15) is 0 Å². The van der Waals surface area contributed by atoms with Gasteiger partial charge in [0.05, 0.1) is 12.7 Å². The highest BCUT2D eigenvalue weighted by atomic mass is 16.6. The summed E-state index contributed by atoms with van der Waals surface area (Å²) in [4.78, 5) is 23.3. The smallest absolute Gasteiger partial charge is 0.349 e. The van der Waals surface area contributed by atoms with Gasteiger partial charge in [0.15, 0.2) is 12.9 Å². The Morgan fingerprint density at radius 3 is 2.27 bits per heavy atom. The molecule has 0 radical (unpaired) electrons. The van der Waals surface area contributed by atoms with Crippen molar-refractivity contribution < 1.29 is 28.9 Å². The van der Waals surface area contributed by atoms with Crippen LogP contribution in [0.1, 0.15) is 36.7 Å². The second kappa shape index (κ2) is 7.91. The van der Waals surface area contributed by atoms with Gasteiger partial charge in [-0.05, 0) is 41.8 Å². The van der Waals surface area contributed by atoms with E-state index in [2.05, 4.69) is 0 Å². The van der Waals surface area contributed by atoms with Crippen LogP contribution in [0.25, 0.3) is 0 Å². The molecule has 0 heterocycles. The first-order valence-electron chi connectivity index (χ1n) is 8.05. The minimum atomic E-state index is -0.658. The van der Waals surface area contributed by atoms with Gasteiger partial charge in [0.2, 0.25) is 0 Å². The van der Waals surface area contributed by atoms with Crippen LogP contribution in [0, 0.1) is 0 Å². The van der Waals surface area contributed by atoms with E-state index >= 15 is 0 Å². The molecule has 0 atom stereocenters. The molecular weight excluding hydrogens is 336 g/mol. The number of hydrogen-bond donors (Lipinski definition) is 1. The molecule has 26 heavy (non-hydrogen) atoms. The third-order valence-corrected chi connectivity index (χ3v) is 3.70. The fraction of sp³-hybridized carbons (Fsp3) is 0.300. The van der Waals surface area contributed by atoms with Gasteiger partial charge in [0, 0.05) is 5.56 Å². The summed E-state index contributed by atoms with van der Waals surface area (Å²) in [7, 11) is 1.56. The first kappa shape index (κ1) is 19.3. The molecule has 6 nitrogen and oxygen atoms in total. The van der Waals surface area contributed by atoms with E-state index < -0.39 is 5.97 Å². The van der Waals surface area contributed by atoms with Gasteiger partial charge in [-0.1, -0.05) is 20.8 Å². The number of aldehydes is 1.